The molecule has 0 atom stereocenters. The van der Waals surface area contributed by atoms with Gasteiger partial charge >= 0.3 is 0 Å². The van der Waals surface area contributed by atoms with E-state index in [0.29, 0.717) is 6.54 Å². The second-order valence-electron chi connectivity index (χ2n) is 3.30. The summed E-state index contributed by atoms with van der Waals surface area (Å²) in [6, 6.07) is 10.0. The molecule has 2 N–H and O–H groups in total. The Kier molecular flexibility index (Phi) is 2.54. The van der Waals surface area contributed by atoms with E-state index in [4.69, 9.17) is 0 Å². The van der Waals surface area contributed by atoms with E-state index in [1.165, 1.54) is 6.08 Å². The Morgan fingerprint density at radius 2 is 2.27 bits per heavy atom. The van der Waals surface area contributed by atoms with Crippen LogP contribution in [-0.2, 0) is 11.3 Å². The van der Waals surface area contributed by atoms with Crippen LogP contribution in [0.5, 0.6) is 0 Å². The number of carbonyl (C=O) groups is 1. The summed E-state index contributed by atoms with van der Waals surface area (Å²) in [6.07, 6.45) is 1.27. The minimum Gasteiger partial charge on any atom is -0.357 e. The molecule has 0 aliphatic rings. The first kappa shape index (κ1) is 9.52. The lowest BCUT2D eigenvalue weighted by Gasteiger charge is -1.98. The Labute approximate surface area is 87.8 Å². The number of aromatic nitrogens is 1. The van der Waals surface area contributed by atoms with Gasteiger partial charge in [-0.05, 0) is 23.6 Å². The van der Waals surface area contributed by atoms with E-state index in [-0.39, 0.29) is 5.91 Å². The van der Waals surface area contributed by atoms with Crippen molar-refractivity contribution < 1.29 is 4.79 Å². The molecule has 0 bridgehead atoms. The number of benzene rings is 1. The maximum absolute atomic E-state index is 11.0. The smallest absolute Gasteiger partial charge is 0.243 e. The highest BCUT2D eigenvalue weighted by atomic mass is 16.1. The van der Waals surface area contributed by atoms with Gasteiger partial charge in [-0.15, -0.1) is 0 Å². The number of amides is 1. The lowest BCUT2D eigenvalue weighted by atomic mass is 10.2. The average Bonchev–Trinajstić information content (AvgIpc) is 2.68. The first-order valence-electron chi connectivity index (χ1n) is 4.76. The second kappa shape index (κ2) is 4.00. The van der Waals surface area contributed by atoms with Crippen LogP contribution >= 0.6 is 0 Å². The van der Waals surface area contributed by atoms with E-state index in [1.807, 2.05) is 30.3 Å². The largest absolute Gasteiger partial charge is 0.357 e. The van der Waals surface area contributed by atoms with Crippen molar-refractivity contribution in [2.75, 3.05) is 0 Å². The third-order valence-electron chi connectivity index (χ3n) is 2.22. The van der Waals surface area contributed by atoms with Crippen molar-refractivity contribution in [3.63, 3.8) is 0 Å². The van der Waals surface area contributed by atoms with Crippen molar-refractivity contribution in [2.24, 2.45) is 0 Å². The lowest BCUT2D eigenvalue weighted by molar-refractivity contribution is -0.116. The molecule has 1 heterocycles. The Bertz CT molecular complexity index is 466. The molecule has 0 radical (unpaired) electrons. The Morgan fingerprint density at radius 3 is 3.00 bits per heavy atom. The number of fused-ring (bicyclic) bond motifs is 1. The molecule has 3 nitrogen and oxygen atoms in total. The third kappa shape index (κ3) is 2.07. The molecule has 15 heavy (non-hydrogen) atoms. The molecule has 2 aromatic rings. The molecule has 0 saturated heterocycles. The highest BCUT2D eigenvalue weighted by molar-refractivity contribution is 5.87. The molecule has 0 spiro atoms. The minimum atomic E-state index is -0.159. The fourth-order valence-electron chi connectivity index (χ4n) is 1.48. The SMILES string of the molecule is C=CC(=O)NCc1cc2ccccc2[nH]1. The van der Waals surface area contributed by atoms with Crippen LogP contribution < -0.4 is 5.32 Å². The highest BCUT2D eigenvalue weighted by Crippen LogP contribution is 2.14. The Balaban J connectivity index is 2.15. The standard InChI is InChI=1S/C12H12N2O/c1-2-12(15)13-8-10-7-9-5-3-4-6-11(9)14-10/h2-7,14H,1,8H2,(H,13,15). The molecular weight excluding hydrogens is 188 g/mol. The first-order valence-corrected chi connectivity index (χ1v) is 4.76. The quantitative estimate of drug-likeness (QED) is 0.731. The summed E-state index contributed by atoms with van der Waals surface area (Å²) in [5, 5.41) is 3.87. The summed E-state index contributed by atoms with van der Waals surface area (Å²) >= 11 is 0. The summed E-state index contributed by atoms with van der Waals surface area (Å²) in [5.74, 6) is -0.159. The number of para-hydroxylation sites is 1. The van der Waals surface area contributed by atoms with Gasteiger partial charge in [0.1, 0.15) is 0 Å². The Morgan fingerprint density at radius 1 is 1.47 bits per heavy atom. The molecular formula is C12H12N2O. The maximum Gasteiger partial charge on any atom is 0.243 e. The van der Waals surface area contributed by atoms with Crippen LogP contribution in [0.15, 0.2) is 43.0 Å². The zero-order valence-corrected chi connectivity index (χ0v) is 8.29. The molecule has 0 aliphatic carbocycles. The molecule has 0 unspecified atom stereocenters. The van der Waals surface area contributed by atoms with E-state index in [9.17, 15) is 4.79 Å². The van der Waals surface area contributed by atoms with Gasteiger partial charge in [0, 0.05) is 11.2 Å². The van der Waals surface area contributed by atoms with Crippen LogP contribution in [0.3, 0.4) is 0 Å². The number of hydrogen-bond donors (Lipinski definition) is 2. The highest BCUT2D eigenvalue weighted by Gasteiger charge is 2.00. The molecule has 1 aromatic carbocycles. The Hall–Kier alpha value is -2.03. The van der Waals surface area contributed by atoms with Crippen LogP contribution in [0, 0.1) is 0 Å². The van der Waals surface area contributed by atoms with Crippen LogP contribution in [0.1, 0.15) is 5.69 Å². The van der Waals surface area contributed by atoms with Crippen molar-refractivity contribution in [1.82, 2.24) is 10.3 Å². The fraction of sp³-hybridized carbons (Fsp3) is 0.0833. The van der Waals surface area contributed by atoms with Gasteiger partial charge in [-0.25, -0.2) is 0 Å². The van der Waals surface area contributed by atoms with Gasteiger partial charge in [0.25, 0.3) is 0 Å². The maximum atomic E-state index is 11.0. The van der Waals surface area contributed by atoms with E-state index in [1.54, 1.807) is 0 Å². The van der Waals surface area contributed by atoms with Gasteiger partial charge in [-0.3, -0.25) is 4.79 Å². The zero-order chi connectivity index (χ0) is 10.7. The number of nitrogens with one attached hydrogen (secondary N) is 2. The lowest BCUT2D eigenvalue weighted by Crippen LogP contribution is -2.19. The number of aromatic amines is 1. The summed E-state index contributed by atoms with van der Waals surface area (Å²) < 4.78 is 0. The topological polar surface area (TPSA) is 44.9 Å². The fourth-order valence-corrected chi connectivity index (χ4v) is 1.48. The summed E-state index contributed by atoms with van der Waals surface area (Å²) in [6.45, 7) is 3.89. The van der Waals surface area contributed by atoms with Crippen molar-refractivity contribution in [3.8, 4) is 0 Å². The number of rotatable bonds is 3. The predicted molar refractivity (Wildman–Crippen MR) is 60.3 cm³/mol. The van der Waals surface area contributed by atoms with E-state index in [0.717, 1.165) is 16.6 Å². The number of hydrogen-bond acceptors (Lipinski definition) is 1. The van der Waals surface area contributed by atoms with Gasteiger partial charge in [0.05, 0.1) is 6.54 Å². The molecule has 76 valence electrons. The van der Waals surface area contributed by atoms with E-state index in [2.05, 4.69) is 16.9 Å². The van der Waals surface area contributed by atoms with Crippen molar-refractivity contribution in [3.05, 3.63) is 48.7 Å². The normalized spacial score (nSPS) is 10.1. The van der Waals surface area contributed by atoms with Gasteiger partial charge in [-0.2, -0.15) is 0 Å². The van der Waals surface area contributed by atoms with Gasteiger partial charge in [0.15, 0.2) is 0 Å². The third-order valence-corrected chi connectivity index (χ3v) is 2.22. The van der Waals surface area contributed by atoms with Crippen LogP contribution in [0.4, 0.5) is 0 Å². The molecule has 1 amide bonds. The average molecular weight is 200 g/mol. The molecule has 0 saturated carbocycles. The van der Waals surface area contributed by atoms with Crippen molar-refractivity contribution in [2.45, 2.75) is 6.54 Å². The zero-order valence-electron chi connectivity index (χ0n) is 8.29. The van der Waals surface area contributed by atoms with Crippen LogP contribution in [0.2, 0.25) is 0 Å². The van der Waals surface area contributed by atoms with Crippen molar-refractivity contribution in [1.29, 1.82) is 0 Å². The van der Waals surface area contributed by atoms with Gasteiger partial charge in [-0.1, -0.05) is 24.8 Å². The monoisotopic (exact) mass is 200 g/mol. The number of H-pyrrole nitrogens is 1. The first-order chi connectivity index (χ1) is 7.29. The van der Waals surface area contributed by atoms with Gasteiger partial charge in [0.2, 0.25) is 5.91 Å². The van der Waals surface area contributed by atoms with Crippen LogP contribution in [0.25, 0.3) is 10.9 Å². The van der Waals surface area contributed by atoms with E-state index < -0.39 is 0 Å². The van der Waals surface area contributed by atoms with Crippen molar-refractivity contribution >= 4 is 16.8 Å². The predicted octanol–water partition coefficient (Wildman–Crippen LogP) is 1.97. The second-order valence-corrected chi connectivity index (χ2v) is 3.30. The van der Waals surface area contributed by atoms with E-state index >= 15 is 0 Å². The molecule has 0 aliphatic heterocycles. The summed E-state index contributed by atoms with van der Waals surface area (Å²) in [5.41, 5.74) is 2.08. The summed E-state index contributed by atoms with van der Waals surface area (Å²) in [7, 11) is 0. The molecule has 3 heteroatoms. The van der Waals surface area contributed by atoms with Gasteiger partial charge < -0.3 is 10.3 Å². The minimum absolute atomic E-state index is 0.159. The molecule has 2 rings (SSSR count). The molecule has 1 aromatic heterocycles. The van der Waals surface area contributed by atoms with Crippen LogP contribution in [-0.4, -0.2) is 10.9 Å². The summed E-state index contributed by atoms with van der Waals surface area (Å²) in [4.78, 5) is 14.2. The number of carbonyl (C=O) groups excluding carboxylic acids is 1. The molecule has 0 fully saturated rings.